The molecule has 0 aliphatic rings. The van der Waals surface area contributed by atoms with Crippen LogP contribution in [0.1, 0.15) is 23.7 Å². The first-order valence-electron chi connectivity index (χ1n) is 4.74. The zero-order chi connectivity index (χ0) is 13.2. The molecular weight excluding hydrogens is 269 g/mol. The van der Waals surface area contributed by atoms with Crippen LogP contribution < -0.4 is 4.72 Å². The number of sulfonamides is 1. The van der Waals surface area contributed by atoms with Crippen LogP contribution in [0.15, 0.2) is 12.1 Å². The fourth-order valence-electron chi connectivity index (χ4n) is 1.23. The van der Waals surface area contributed by atoms with Gasteiger partial charge in [0.25, 0.3) is 0 Å². The van der Waals surface area contributed by atoms with Crippen LogP contribution in [0, 0.1) is 5.82 Å². The summed E-state index contributed by atoms with van der Waals surface area (Å²) in [4.78, 5) is 11.5. The Labute approximate surface area is 104 Å². The van der Waals surface area contributed by atoms with Gasteiger partial charge in [-0.15, -0.1) is 0 Å². The Kier molecular flexibility index (Phi) is 4.11. The number of halogens is 2. The van der Waals surface area contributed by atoms with E-state index in [0.29, 0.717) is 0 Å². The minimum absolute atomic E-state index is 0.0339. The zero-order valence-corrected chi connectivity index (χ0v) is 10.8. The number of Topliss-reactive ketones (excluding diaryl/α,β-unsaturated/α-hetero) is 1. The molecule has 1 aromatic carbocycles. The fraction of sp³-hybridized carbons (Fsp3) is 0.300. The van der Waals surface area contributed by atoms with Crippen LogP contribution in [-0.2, 0) is 10.0 Å². The minimum atomic E-state index is -3.61. The topological polar surface area (TPSA) is 63.2 Å². The Morgan fingerprint density at radius 1 is 1.47 bits per heavy atom. The zero-order valence-electron chi connectivity index (χ0n) is 9.25. The average molecular weight is 280 g/mol. The van der Waals surface area contributed by atoms with Crippen molar-refractivity contribution in [2.24, 2.45) is 0 Å². The lowest BCUT2D eigenvalue weighted by molar-refractivity contribution is 0.0988. The number of nitrogens with one attached hydrogen (secondary N) is 1. The lowest BCUT2D eigenvalue weighted by atomic mass is 10.1. The highest BCUT2D eigenvalue weighted by molar-refractivity contribution is 7.92. The second-order valence-electron chi connectivity index (χ2n) is 3.46. The van der Waals surface area contributed by atoms with Gasteiger partial charge >= 0.3 is 0 Å². The predicted octanol–water partition coefficient (Wildman–Crippen LogP) is 2.44. The highest BCUT2D eigenvalue weighted by atomic mass is 35.5. The van der Waals surface area contributed by atoms with E-state index in [-0.39, 0.29) is 28.5 Å². The first-order valence-corrected chi connectivity index (χ1v) is 7.01. The summed E-state index contributed by atoms with van der Waals surface area (Å²) in [5.74, 6) is -1.11. The summed E-state index contributed by atoms with van der Waals surface area (Å²) in [5.41, 5.74) is -0.185. The maximum Gasteiger partial charge on any atom is 0.229 e. The SMILES string of the molecule is CCC(=O)c1cc(NS(C)(=O)=O)c(F)cc1Cl. The molecule has 1 aromatic rings. The number of carbonyl (C=O) groups excluding carboxylic acids is 1. The molecule has 0 amide bonds. The van der Waals surface area contributed by atoms with Crippen LogP contribution in [0.25, 0.3) is 0 Å². The van der Waals surface area contributed by atoms with Gasteiger partial charge in [-0.2, -0.15) is 0 Å². The van der Waals surface area contributed by atoms with Gasteiger partial charge in [0.15, 0.2) is 5.78 Å². The quantitative estimate of drug-likeness (QED) is 0.861. The van der Waals surface area contributed by atoms with Gasteiger partial charge in [0, 0.05) is 12.0 Å². The smallest absolute Gasteiger partial charge is 0.229 e. The van der Waals surface area contributed by atoms with E-state index in [9.17, 15) is 17.6 Å². The third kappa shape index (κ3) is 3.67. The molecule has 0 aliphatic carbocycles. The summed E-state index contributed by atoms with van der Waals surface area (Å²) in [6.45, 7) is 1.63. The number of hydrogen-bond donors (Lipinski definition) is 1. The molecule has 0 bridgehead atoms. The third-order valence-electron chi connectivity index (χ3n) is 1.97. The molecule has 17 heavy (non-hydrogen) atoms. The van der Waals surface area contributed by atoms with E-state index in [0.717, 1.165) is 18.4 Å². The molecule has 0 saturated carbocycles. The molecule has 1 N–H and O–H groups in total. The van der Waals surface area contributed by atoms with Crippen molar-refractivity contribution in [1.29, 1.82) is 0 Å². The summed E-state index contributed by atoms with van der Waals surface area (Å²) in [5, 5.41) is -0.0339. The maximum atomic E-state index is 13.4. The standard InChI is InChI=1S/C10H11ClFNO3S/c1-3-10(14)6-4-9(13-17(2,15)16)8(12)5-7(6)11/h4-5,13H,3H2,1-2H3. The summed E-state index contributed by atoms with van der Waals surface area (Å²) in [6, 6.07) is 2.02. The largest absolute Gasteiger partial charge is 0.294 e. The van der Waals surface area contributed by atoms with E-state index in [2.05, 4.69) is 0 Å². The molecule has 0 atom stereocenters. The second kappa shape index (κ2) is 5.01. The molecule has 0 saturated heterocycles. The molecule has 0 aromatic heterocycles. The highest BCUT2D eigenvalue weighted by Crippen LogP contribution is 2.25. The number of rotatable bonds is 4. The molecule has 0 heterocycles. The first kappa shape index (κ1) is 13.9. The van der Waals surface area contributed by atoms with Gasteiger partial charge in [0.05, 0.1) is 17.0 Å². The Balaban J connectivity index is 3.29. The van der Waals surface area contributed by atoms with Crippen molar-refractivity contribution in [3.63, 3.8) is 0 Å². The molecule has 7 heteroatoms. The van der Waals surface area contributed by atoms with Crippen LogP contribution in [0.5, 0.6) is 0 Å². The minimum Gasteiger partial charge on any atom is -0.294 e. The lowest BCUT2D eigenvalue weighted by Crippen LogP contribution is -2.12. The molecule has 4 nitrogen and oxygen atoms in total. The average Bonchev–Trinajstić information content (AvgIpc) is 2.19. The van der Waals surface area contributed by atoms with Crippen molar-refractivity contribution >= 4 is 33.1 Å². The van der Waals surface area contributed by atoms with Crippen molar-refractivity contribution in [1.82, 2.24) is 0 Å². The van der Waals surface area contributed by atoms with Gasteiger partial charge in [-0.25, -0.2) is 12.8 Å². The fourth-order valence-corrected chi connectivity index (χ4v) is 2.04. The third-order valence-corrected chi connectivity index (χ3v) is 2.88. The van der Waals surface area contributed by atoms with E-state index >= 15 is 0 Å². The number of carbonyl (C=O) groups is 1. The van der Waals surface area contributed by atoms with Crippen LogP contribution in [0.4, 0.5) is 10.1 Å². The summed E-state index contributed by atoms with van der Waals surface area (Å²) < 4.78 is 37.4. The van der Waals surface area contributed by atoms with E-state index in [1.54, 1.807) is 6.92 Å². The Hall–Kier alpha value is -1.14. The van der Waals surface area contributed by atoms with Gasteiger partial charge in [0.1, 0.15) is 5.82 Å². The predicted molar refractivity (Wildman–Crippen MR) is 64.5 cm³/mol. The number of benzene rings is 1. The number of ketones is 1. The number of hydrogen-bond acceptors (Lipinski definition) is 3. The highest BCUT2D eigenvalue weighted by Gasteiger charge is 2.15. The summed E-state index contributed by atoms with van der Waals surface area (Å²) in [6.07, 6.45) is 1.09. The molecule has 0 fully saturated rings. The molecule has 94 valence electrons. The Morgan fingerprint density at radius 3 is 2.53 bits per heavy atom. The van der Waals surface area contributed by atoms with Crippen molar-refractivity contribution in [3.05, 3.63) is 28.5 Å². The second-order valence-corrected chi connectivity index (χ2v) is 5.62. The van der Waals surface area contributed by atoms with Crippen LogP contribution in [0.2, 0.25) is 5.02 Å². The molecule has 0 radical (unpaired) electrons. The number of anilines is 1. The molecular formula is C10H11ClFNO3S. The molecule has 0 unspecified atom stereocenters. The maximum absolute atomic E-state index is 13.4. The van der Waals surface area contributed by atoms with Gasteiger partial charge in [0.2, 0.25) is 10.0 Å². The summed E-state index contributed by atoms with van der Waals surface area (Å²) >= 11 is 5.71. The van der Waals surface area contributed by atoms with E-state index < -0.39 is 15.8 Å². The van der Waals surface area contributed by atoms with Crippen molar-refractivity contribution in [3.8, 4) is 0 Å². The Morgan fingerprint density at radius 2 is 2.06 bits per heavy atom. The molecule has 0 spiro atoms. The van der Waals surface area contributed by atoms with E-state index in [4.69, 9.17) is 11.6 Å². The Bertz CT molecular complexity index is 557. The first-order chi connectivity index (χ1) is 7.74. The normalized spacial score (nSPS) is 11.3. The monoisotopic (exact) mass is 279 g/mol. The lowest BCUT2D eigenvalue weighted by Gasteiger charge is -2.08. The van der Waals surface area contributed by atoms with E-state index in [1.807, 2.05) is 4.72 Å². The molecule has 0 aliphatic heterocycles. The van der Waals surface area contributed by atoms with Crippen LogP contribution >= 0.6 is 11.6 Å². The van der Waals surface area contributed by atoms with Gasteiger partial charge < -0.3 is 0 Å². The van der Waals surface area contributed by atoms with Gasteiger partial charge in [-0.05, 0) is 12.1 Å². The van der Waals surface area contributed by atoms with Crippen LogP contribution in [0.3, 0.4) is 0 Å². The van der Waals surface area contributed by atoms with Crippen molar-refractivity contribution in [2.75, 3.05) is 11.0 Å². The summed E-state index contributed by atoms with van der Waals surface area (Å²) in [7, 11) is -3.61. The van der Waals surface area contributed by atoms with Crippen molar-refractivity contribution in [2.45, 2.75) is 13.3 Å². The van der Waals surface area contributed by atoms with Crippen molar-refractivity contribution < 1.29 is 17.6 Å². The van der Waals surface area contributed by atoms with Crippen LogP contribution in [-0.4, -0.2) is 20.5 Å². The van der Waals surface area contributed by atoms with Gasteiger partial charge in [-0.3, -0.25) is 9.52 Å². The van der Waals surface area contributed by atoms with Gasteiger partial charge in [-0.1, -0.05) is 18.5 Å². The molecule has 1 rings (SSSR count). The van der Waals surface area contributed by atoms with E-state index in [1.165, 1.54) is 0 Å².